The fourth-order valence-electron chi connectivity index (χ4n) is 1.69. The van der Waals surface area contributed by atoms with Crippen molar-refractivity contribution in [2.24, 2.45) is 5.14 Å². The molecule has 21 heavy (non-hydrogen) atoms. The van der Waals surface area contributed by atoms with Crippen LogP contribution >= 0.6 is 0 Å². The first-order chi connectivity index (χ1) is 9.88. The SMILES string of the molecule is NS(=O)(=O)c1cc([N+](=O)[O-])ccc1OCc1ccccc1. The minimum atomic E-state index is -4.12. The van der Waals surface area contributed by atoms with Gasteiger partial charge in [0.05, 0.1) is 4.92 Å². The number of nitro groups is 1. The van der Waals surface area contributed by atoms with Crippen LogP contribution in [0.4, 0.5) is 5.69 Å². The van der Waals surface area contributed by atoms with E-state index in [0.29, 0.717) is 0 Å². The highest BCUT2D eigenvalue weighted by Crippen LogP contribution is 2.28. The van der Waals surface area contributed by atoms with Crippen molar-refractivity contribution in [2.75, 3.05) is 0 Å². The van der Waals surface area contributed by atoms with E-state index >= 15 is 0 Å². The van der Waals surface area contributed by atoms with Crippen molar-refractivity contribution < 1.29 is 18.1 Å². The van der Waals surface area contributed by atoms with Crippen molar-refractivity contribution >= 4 is 15.7 Å². The standard InChI is InChI=1S/C13H12N2O5S/c14-21(18,19)13-8-11(15(16)17)6-7-12(13)20-9-10-4-2-1-3-5-10/h1-8H,9H2,(H2,14,18,19). The molecule has 0 heterocycles. The zero-order valence-corrected chi connectivity index (χ0v) is 11.6. The molecule has 8 heteroatoms. The van der Waals surface area contributed by atoms with Crippen LogP contribution in [0.5, 0.6) is 5.75 Å². The highest BCUT2D eigenvalue weighted by atomic mass is 32.2. The summed E-state index contributed by atoms with van der Waals surface area (Å²) in [6, 6.07) is 12.4. The molecule has 2 rings (SSSR count). The Morgan fingerprint density at radius 3 is 2.38 bits per heavy atom. The Morgan fingerprint density at radius 1 is 1.14 bits per heavy atom. The molecule has 0 radical (unpaired) electrons. The molecule has 2 aromatic rings. The maximum Gasteiger partial charge on any atom is 0.271 e. The summed E-state index contributed by atoms with van der Waals surface area (Å²) in [4.78, 5) is 9.59. The largest absolute Gasteiger partial charge is 0.487 e. The van der Waals surface area contributed by atoms with Gasteiger partial charge in [-0.25, -0.2) is 13.6 Å². The molecule has 0 amide bonds. The molecule has 0 saturated heterocycles. The number of primary sulfonamides is 1. The lowest BCUT2D eigenvalue weighted by molar-refractivity contribution is -0.385. The van der Waals surface area contributed by atoms with Crippen LogP contribution < -0.4 is 9.88 Å². The van der Waals surface area contributed by atoms with Crippen LogP contribution in [0.25, 0.3) is 0 Å². The van der Waals surface area contributed by atoms with E-state index in [1.54, 1.807) is 0 Å². The molecule has 0 aliphatic rings. The van der Waals surface area contributed by atoms with Crippen LogP contribution in [0.15, 0.2) is 53.4 Å². The minimum absolute atomic E-state index is 0.0213. The van der Waals surface area contributed by atoms with E-state index in [2.05, 4.69) is 0 Å². The van der Waals surface area contributed by atoms with Gasteiger partial charge in [-0.05, 0) is 11.6 Å². The third kappa shape index (κ3) is 3.77. The molecule has 0 atom stereocenters. The second kappa shape index (κ2) is 5.90. The number of rotatable bonds is 5. The van der Waals surface area contributed by atoms with Crippen molar-refractivity contribution in [3.63, 3.8) is 0 Å². The zero-order chi connectivity index (χ0) is 15.5. The molecule has 2 N–H and O–H groups in total. The highest BCUT2D eigenvalue weighted by molar-refractivity contribution is 7.89. The summed E-state index contributed by atoms with van der Waals surface area (Å²) in [5.41, 5.74) is 0.460. The first kappa shape index (κ1) is 14.9. The molecular weight excluding hydrogens is 296 g/mol. The molecule has 0 aliphatic heterocycles. The van der Waals surface area contributed by atoms with Crippen LogP contribution in [0.3, 0.4) is 0 Å². The van der Waals surface area contributed by atoms with Crippen molar-refractivity contribution in [1.82, 2.24) is 0 Å². The number of benzene rings is 2. The first-order valence-electron chi connectivity index (χ1n) is 5.86. The zero-order valence-electron chi connectivity index (χ0n) is 10.8. The van der Waals surface area contributed by atoms with Gasteiger partial charge >= 0.3 is 0 Å². The van der Waals surface area contributed by atoms with Gasteiger partial charge in [0, 0.05) is 12.1 Å². The molecule has 110 valence electrons. The van der Waals surface area contributed by atoms with Crippen molar-refractivity contribution in [2.45, 2.75) is 11.5 Å². The van der Waals surface area contributed by atoms with Crippen LogP contribution in [-0.4, -0.2) is 13.3 Å². The van der Waals surface area contributed by atoms with E-state index in [4.69, 9.17) is 9.88 Å². The molecule has 0 spiro atoms. The lowest BCUT2D eigenvalue weighted by Gasteiger charge is -2.10. The maximum absolute atomic E-state index is 11.5. The van der Waals surface area contributed by atoms with Crippen LogP contribution in [0, 0.1) is 10.1 Å². The van der Waals surface area contributed by atoms with Crippen LogP contribution in [0.1, 0.15) is 5.56 Å². The summed E-state index contributed by atoms with van der Waals surface area (Å²) < 4.78 is 28.4. The number of nitro benzene ring substituents is 1. The molecule has 0 fully saturated rings. The lowest BCUT2D eigenvalue weighted by atomic mass is 10.2. The number of sulfonamides is 1. The van der Waals surface area contributed by atoms with Gasteiger partial charge in [-0.2, -0.15) is 0 Å². The fourth-order valence-corrected chi connectivity index (χ4v) is 2.38. The van der Waals surface area contributed by atoms with Gasteiger partial charge in [0.2, 0.25) is 10.0 Å². The predicted octanol–water partition coefficient (Wildman–Crippen LogP) is 1.82. The average Bonchev–Trinajstić information content (AvgIpc) is 2.45. The van der Waals surface area contributed by atoms with Crippen LogP contribution in [0.2, 0.25) is 0 Å². The summed E-state index contributed by atoms with van der Waals surface area (Å²) >= 11 is 0. The monoisotopic (exact) mass is 308 g/mol. The van der Waals surface area contributed by atoms with E-state index in [-0.39, 0.29) is 18.0 Å². The Kier molecular flexibility index (Phi) is 4.20. The molecule has 0 saturated carbocycles. The van der Waals surface area contributed by atoms with Gasteiger partial charge in [-0.15, -0.1) is 0 Å². The molecule has 2 aromatic carbocycles. The third-order valence-corrected chi connectivity index (χ3v) is 3.61. The maximum atomic E-state index is 11.5. The van der Waals surface area contributed by atoms with Crippen molar-refractivity contribution in [1.29, 1.82) is 0 Å². The first-order valence-corrected chi connectivity index (χ1v) is 7.40. The quantitative estimate of drug-likeness (QED) is 0.668. The second-order valence-electron chi connectivity index (χ2n) is 4.21. The minimum Gasteiger partial charge on any atom is -0.487 e. The highest BCUT2D eigenvalue weighted by Gasteiger charge is 2.20. The number of hydrogen-bond donors (Lipinski definition) is 1. The third-order valence-electron chi connectivity index (χ3n) is 2.68. The molecule has 0 unspecified atom stereocenters. The average molecular weight is 308 g/mol. The van der Waals surface area contributed by atoms with Gasteiger partial charge < -0.3 is 4.74 Å². The second-order valence-corrected chi connectivity index (χ2v) is 5.74. The predicted molar refractivity (Wildman–Crippen MR) is 75.2 cm³/mol. The molecule has 0 bridgehead atoms. The van der Waals surface area contributed by atoms with Crippen molar-refractivity contribution in [3.8, 4) is 5.75 Å². The summed E-state index contributed by atoms with van der Waals surface area (Å²) in [5.74, 6) is -0.0213. The van der Waals surface area contributed by atoms with E-state index < -0.39 is 19.8 Å². The number of non-ortho nitro benzene ring substituents is 1. The molecule has 0 aliphatic carbocycles. The number of nitrogens with zero attached hydrogens (tertiary/aromatic N) is 1. The molecule has 0 aromatic heterocycles. The van der Waals surface area contributed by atoms with Crippen molar-refractivity contribution in [3.05, 3.63) is 64.2 Å². The Balaban J connectivity index is 2.33. The number of nitrogens with two attached hydrogens (primary N) is 1. The fraction of sp³-hybridized carbons (Fsp3) is 0.0769. The number of ether oxygens (including phenoxy) is 1. The van der Waals surface area contributed by atoms with Gasteiger partial charge in [0.15, 0.2) is 0 Å². The summed E-state index contributed by atoms with van der Waals surface area (Å²) in [6.45, 7) is 0.126. The molecular formula is C13H12N2O5S. The van der Waals surface area contributed by atoms with E-state index in [9.17, 15) is 18.5 Å². The summed E-state index contributed by atoms with van der Waals surface area (Å²) in [5, 5.41) is 15.8. The number of hydrogen-bond acceptors (Lipinski definition) is 5. The Labute approximate surface area is 121 Å². The Bertz CT molecular complexity index is 759. The van der Waals surface area contributed by atoms with Gasteiger partial charge in [-0.3, -0.25) is 10.1 Å². The normalized spacial score (nSPS) is 11.1. The van der Waals surface area contributed by atoms with Gasteiger partial charge in [0.25, 0.3) is 5.69 Å². The summed E-state index contributed by atoms with van der Waals surface area (Å²) in [7, 11) is -4.12. The topological polar surface area (TPSA) is 113 Å². The Hall–Kier alpha value is -2.45. The van der Waals surface area contributed by atoms with Gasteiger partial charge in [0.1, 0.15) is 17.3 Å². The molecule has 7 nitrogen and oxygen atoms in total. The Morgan fingerprint density at radius 2 is 1.81 bits per heavy atom. The van der Waals surface area contributed by atoms with E-state index in [1.165, 1.54) is 6.07 Å². The summed E-state index contributed by atoms with van der Waals surface area (Å²) in [6.07, 6.45) is 0. The van der Waals surface area contributed by atoms with Crippen LogP contribution in [-0.2, 0) is 16.6 Å². The lowest BCUT2D eigenvalue weighted by Crippen LogP contribution is -2.14. The smallest absolute Gasteiger partial charge is 0.271 e. The van der Waals surface area contributed by atoms with E-state index in [1.807, 2.05) is 30.3 Å². The van der Waals surface area contributed by atoms with Gasteiger partial charge in [-0.1, -0.05) is 30.3 Å². The van der Waals surface area contributed by atoms with E-state index in [0.717, 1.165) is 17.7 Å².